The molecule has 84 valence electrons. The van der Waals surface area contributed by atoms with E-state index < -0.39 is 0 Å². The number of rotatable bonds is 5. The fourth-order valence-corrected chi connectivity index (χ4v) is 2.19. The molecule has 0 radical (unpaired) electrons. The zero-order valence-electron chi connectivity index (χ0n) is 9.18. The molecule has 16 heavy (non-hydrogen) atoms. The summed E-state index contributed by atoms with van der Waals surface area (Å²) in [5.74, 6) is 0. The number of hydrogen-bond acceptors (Lipinski definition) is 5. The highest BCUT2D eigenvalue weighted by molar-refractivity contribution is 7.09. The standard InChI is InChI=1S/C11H14N4S/c1-9-11(16-8-15-9)3-5-12-6-10-2-4-13-7-14-10/h2,4,7-8,12H,3,5-6H2,1H3. The van der Waals surface area contributed by atoms with Gasteiger partial charge in [-0.1, -0.05) is 0 Å². The lowest BCUT2D eigenvalue weighted by Gasteiger charge is -2.03. The summed E-state index contributed by atoms with van der Waals surface area (Å²) >= 11 is 1.72. The predicted molar refractivity (Wildman–Crippen MR) is 64.3 cm³/mol. The van der Waals surface area contributed by atoms with E-state index in [1.54, 1.807) is 23.9 Å². The minimum atomic E-state index is 0.792. The maximum atomic E-state index is 4.22. The summed E-state index contributed by atoms with van der Waals surface area (Å²) in [4.78, 5) is 13.6. The maximum absolute atomic E-state index is 4.22. The molecule has 4 nitrogen and oxygen atoms in total. The quantitative estimate of drug-likeness (QED) is 0.798. The van der Waals surface area contributed by atoms with E-state index >= 15 is 0 Å². The van der Waals surface area contributed by atoms with Crippen LogP contribution in [0.4, 0.5) is 0 Å². The molecule has 2 heterocycles. The molecule has 2 aromatic rings. The van der Waals surface area contributed by atoms with Crippen LogP contribution in [0, 0.1) is 6.92 Å². The number of hydrogen-bond donors (Lipinski definition) is 1. The summed E-state index contributed by atoms with van der Waals surface area (Å²) in [5, 5.41) is 3.36. The second kappa shape index (κ2) is 5.67. The van der Waals surface area contributed by atoms with E-state index in [1.165, 1.54) is 4.88 Å². The Hall–Kier alpha value is -1.33. The van der Waals surface area contributed by atoms with Crippen molar-refractivity contribution in [3.8, 4) is 0 Å². The van der Waals surface area contributed by atoms with Crippen LogP contribution in [0.2, 0.25) is 0 Å². The van der Waals surface area contributed by atoms with Gasteiger partial charge in [-0.25, -0.2) is 15.0 Å². The molecule has 0 amide bonds. The van der Waals surface area contributed by atoms with Gasteiger partial charge in [0, 0.05) is 24.2 Å². The van der Waals surface area contributed by atoms with Crippen molar-refractivity contribution in [1.82, 2.24) is 20.3 Å². The SMILES string of the molecule is Cc1ncsc1CCNCc1ccncn1. The van der Waals surface area contributed by atoms with Gasteiger partial charge in [-0.2, -0.15) is 0 Å². The van der Waals surface area contributed by atoms with Crippen LogP contribution in [0.25, 0.3) is 0 Å². The zero-order chi connectivity index (χ0) is 11.2. The topological polar surface area (TPSA) is 50.7 Å². The van der Waals surface area contributed by atoms with Crippen molar-refractivity contribution in [3.63, 3.8) is 0 Å². The number of aromatic nitrogens is 3. The van der Waals surface area contributed by atoms with Gasteiger partial charge < -0.3 is 5.32 Å². The van der Waals surface area contributed by atoms with Crippen LogP contribution in [0.3, 0.4) is 0 Å². The third-order valence-corrected chi connectivity index (χ3v) is 3.32. The summed E-state index contributed by atoms with van der Waals surface area (Å²) < 4.78 is 0. The van der Waals surface area contributed by atoms with Crippen LogP contribution >= 0.6 is 11.3 Å². The normalized spacial score (nSPS) is 10.6. The van der Waals surface area contributed by atoms with Gasteiger partial charge in [-0.3, -0.25) is 0 Å². The monoisotopic (exact) mass is 234 g/mol. The molecule has 2 aromatic heterocycles. The van der Waals surface area contributed by atoms with Crippen LogP contribution in [0.15, 0.2) is 24.1 Å². The molecule has 0 fully saturated rings. The molecule has 2 rings (SSSR count). The lowest BCUT2D eigenvalue weighted by Crippen LogP contribution is -2.17. The lowest BCUT2D eigenvalue weighted by molar-refractivity contribution is 0.675. The van der Waals surface area contributed by atoms with E-state index in [1.807, 2.05) is 11.6 Å². The fourth-order valence-electron chi connectivity index (χ4n) is 1.41. The second-order valence-corrected chi connectivity index (χ2v) is 4.43. The van der Waals surface area contributed by atoms with Crippen LogP contribution in [0.5, 0.6) is 0 Å². The van der Waals surface area contributed by atoms with Gasteiger partial charge in [-0.15, -0.1) is 11.3 Å². The molecule has 0 aliphatic rings. The third-order valence-electron chi connectivity index (χ3n) is 2.32. The highest BCUT2D eigenvalue weighted by Crippen LogP contribution is 2.11. The zero-order valence-corrected chi connectivity index (χ0v) is 10.00. The second-order valence-electron chi connectivity index (χ2n) is 3.49. The Morgan fingerprint density at radius 3 is 3.00 bits per heavy atom. The van der Waals surface area contributed by atoms with Crippen molar-refractivity contribution in [2.75, 3.05) is 6.54 Å². The Balaban J connectivity index is 1.72. The van der Waals surface area contributed by atoms with Crippen molar-refractivity contribution < 1.29 is 0 Å². The number of nitrogens with one attached hydrogen (secondary N) is 1. The highest BCUT2D eigenvalue weighted by Gasteiger charge is 2.00. The fraction of sp³-hybridized carbons (Fsp3) is 0.364. The molecule has 0 aliphatic heterocycles. The smallest absolute Gasteiger partial charge is 0.115 e. The van der Waals surface area contributed by atoms with E-state index in [4.69, 9.17) is 0 Å². The van der Waals surface area contributed by atoms with E-state index in [2.05, 4.69) is 27.2 Å². The molecule has 0 saturated carbocycles. The van der Waals surface area contributed by atoms with Crippen molar-refractivity contribution >= 4 is 11.3 Å². The summed E-state index contributed by atoms with van der Waals surface area (Å²) in [5.41, 5.74) is 4.07. The van der Waals surface area contributed by atoms with E-state index in [-0.39, 0.29) is 0 Å². The first-order valence-electron chi connectivity index (χ1n) is 5.21. The summed E-state index contributed by atoms with van der Waals surface area (Å²) in [7, 11) is 0. The van der Waals surface area contributed by atoms with Gasteiger partial charge >= 0.3 is 0 Å². The van der Waals surface area contributed by atoms with Crippen LogP contribution in [-0.2, 0) is 13.0 Å². The van der Waals surface area contributed by atoms with Gasteiger partial charge in [-0.05, 0) is 19.4 Å². The van der Waals surface area contributed by atoms with Gasteiger partial charge in [0.2, 0.25) is 0 Å². The maximum Gasteiger partial charge on any atom is 0.115 e. The molecule has 0 aromatic carbocycles. The number of nitrogens with zero attached hydrogens (tertiary/aromatic N) is 3. The Morgan fingerprint density at radius 2 is 2.31 bits per heavy atom. The Labute approximate surface area is 98.8 Å². The summed E-state index contributed by atoms with van der Waals surface area (Å²) in [6.07, 6.45) is 4.36. The molecule has 0 bridgehead atoms. The molecule has 0 saturated heterocycles. The summed E-state index contributed by atoms with van der Waals surface area (Å²) in [6, 6.07) is 1.92. The van der Waals surface area contributed by atoms with Crippen molar-refractivity contribution in [3.05, 3.63) is 40.4 Å². The van der Waals surface area contributed by atoms with E-state index in [9.17, 15) is 0 Å². The molecule has 0 atom stereocenters. The van der Waals surface area contributed by atoms with Crippen molar-refractivity contribution in [2.24, 2.45) is 0 Å². The van der Waals surface area contributed by atoms with Crippen LogP contribution < -0.4 is 5.32 Å². The first-order chi connectivity index (χ1) is 7.86. The lowest BCUT2D eigenvalue weighted by atomic mass is 10.3. The summed E-state index contributed by atoms with van der Waals surface area (Å²) in [6.45, 7) is 3.80. The Morgan fingerprint density at radius 1 is 1.38 bits per heavy atom. The molecule has 1 N–H and O–H groups in total. The highest BCUT2D eigenvalue weighted by atomic mass is 32.1. The van der Waals surface area contributed by atoms with E-state index in [0.29, 0.717) is 0 Å². The van der Waals surface area contributed by atoms with Crippen molar-refractivity contribution in [2.45, 2.75) is 19.9 Å². The number of aryl methyl sites for hydroxylation is 1. The Kier molecular flexibility index (Phi) is 3.96. The Bertz CT molecular complexity index is 427. The van der Waals surface area contributed by atoms with Gasteiger partial charge in [0.15, 0.2) is 0 Å². The minimum absolute atomic E-state index is 0.792. The first kappa shape index (κ1) is 11.2. The predicted octanol–water partition coefficient (Wildman–Crippen LogP) is 1.57. The third kappa shape index (κ3) is 3.08. The minimum Gasteiger partial charge on any atom is -0.311 e. The largest absolute Gasteiger partial charge is 0.311 e. The van der Waals surface area contributed by atoms with Gasteiger partial charge in [0.1, 0.15) is 6.33 Å². The number of thiazole rings is 1. The van der Waals surface area contributed by atoms with Crippen molar-refractivity contribution in [1.29, 1.82) is 0 Å². The van der Waals surface area contributed by atoms with Crippen LogP contribution in [-0.4, -0.2) is 21.5 Å². The van der Waals surface area contributed by atoms with Gasteiger partial charge in [0.05, 0.1) is 16.9 Å². The molecular formula is C11H14N4S. The molecule has 0 unspecified atom stereocenters. The average Bonchev–Trinajstić information content (AvgIpc) is 2.72. The van der Waals surface area contributed by atoms with Crippen LogP contribution in [0.1, 0.15) is 16.3 Å². The van der Waals surface area contributed by atoms with E-state index in [0.717, 1.165) is 30.9 Å². The molecule has 0 spiro atoms. The van der Waals surface area contributed by atoms with Gasteiger partial charge in [0.25, 0.3) is 0 Å². The molecule has 5 heteroatoms. The molecule has 0 aliphatic carbocycles. The first-order valence-corrected chi connectivity index (χ1v) is 6.09. The average molecular weight is 234 g/mol. The molecular weight excluding hydrogens is 220 g/mol.